The molecule has 2 heteroatoms. The van der Waals surface area contributed by atoms with E-state index in [4.69, 9.17) is 0 Å². The van der Waals surface area contributed by atoms with Gasteiger partial charge in [-0.2, -0.15) is 0 Å². The van der Waals surface area contributed by atoms with Crippen molar-refractivity contribution in [1.29, 1.82) is 0 Å². The average Bonchev–Trinajstić information content (AvgIpc) is 2.53. The lowest BCUT2D eigenvalue weighted by molar-refractivity contribution is 0.101. The molecular weight excluding hydrogens is 260 g/mol. The van der Waals surface area contributed by atoms with Gasteiger partial charge in [0, 0.05) is 11.1 Å². The first-order valence-corrected chi connectivity index (χ1v) is 7.98. The maximum Gasteiger partial charge on any atom is 0.188 e. The molecule has 0 heterocycles. The van der Waals surface area contributed by atoms with Crippen LogP contribution in [-0.4, -0.2) is 11.6 Å². The third-order valence-electron chi connectivity index (χ3n) is 4.31. The van der Waals surface area contributed by atoms with Gasteiger partial charge in [-0.25, -0.2) is 0 Å². The van der Waals surface area contributed by atoms with E-state index in [1.807, 2.05) is 6.92 Å². The fraction of sp³-hybridized carbons (Fsp3) is 0.474. The highest BCUT2D eigenvalue weighted by Gasteiger charge is 2.16. The van der Waals surface area contributed by atoms with Gasteiger partial charge in [-0.1, -0.05) is 56.5 Å². The van der Waals surface area contributed by atoms with Crippen LogP contribution in [0.5, 0.6) is 0 Å². The minimum absolute atomic E-state index is 0.0301. The second kappa shape index (κ2) is 7.35. The number of carbonyl (C=O) groups is 2. The van der Waals surface area contributed by atoms with Gasteiger partial charge in [0.1, 0.15) is 0 Å². The van der Waals surface area contributed by atoms with Gasteiger partial charge in [0.25, 0.3) is 0 Å². The molecule has 1 aromatic carbocycles. The molecule has 1 aliphatic rings. The van der Waals surface area contributed by atoms with Crippen LogP contribution < -0.4 is 0 Å². The van der Waals surface area contributed by atoms with Crippen molar-refractivity contribution >= 4 is 11.6 Å². The number of carbonyl (C=O) groups excluding carboxylic acids is 2. The van der Waals surface area contributed by atoms with Gasteiger partial charge in [-0.15, -0.1) is 0 Å². The van der Waals surface area contributed by atoms with E-state index in [0.29, 0.717) is 17.0 Å². The molecule has 1 fully saturated rings. The van der Waals surface area contributed by atoms with Gasteiger partial charge in [0.15, 0.2) is 11.6 Å². The zero-order chi connectivity index (χ0) is 15.2. The van der Waals surface area contributed by atoms with Crippen molar-refractivity contribution in [3.05, 3.63) is 47.0 Å². The lowest BCUT2D eigenvalue weighted by atomic mass is 9.86. The summed E-state index contributed by atoms with van der Waals surface area (Å²) >= 11 is 0. The van der Waals surface area contributed by atoms with Crippen LogP contribution in [0.4, 0.5) is 0 Å². The van der Waals surface area contributed by atoms with Crippen molar-refractivity contribution in [2.75, 3.05) is 0 Å². The van der Waals surface area contributed by atoms with Crippen LogP contribution in [0.1, 0.15) is 73.1 Å². The van der Waals surface area contributed by atoms with Crippen LogP contribution >= 0.6 is 0 Å². The van der Waals surface area contributed by atoms with Crippen LogP contribution in [0, 0.1) is 5.92 Å². The zero-order valence-electron chi connectivity index (χ0n) is 13.0. The third kappa shape index (κ3) is 4.13. The topological polar surface area (TPSA) is 34.1 Å². The molecule has 0 aliphatic heterocycles. The lowest BCUT2D eigenvalue weighted by Gasteiger charge is -2.19. The van der Waals surface area contributed by atoms with E-state index in [-0.39, 0.29) is 11.6 Å². The Morgan fingerprint density at radius 2 is 1.62 bits per heavy atom. The highest BCUT2D eigenvalue weighted by molar-refractivity contribution is 6.09. The number of hydrogen-bond donors (Lipinski definition) is 0. The molecule has 0 unspecified atom stereocenters. The Bertz CT molecular complexity index is 531. The Morgan fingerprint density at radius 1 is 1.05 bits per heavy atom. The number of rotatable bonds is 5. The molecular formula is C19H24O2. The van der Waals surface area contributed by atoms with Gasteiger partial charge in [0.2, 0.25) is 0 Å². The van der Waals surface area contributed by atoms with Crippen molar-refractivity contribution in [2.45, 2.75) is 52.4 Å². The van der Waals surface area contributed by atoms with Crippen molar-refractivity contribution in [2.24, 2.45) is 5.92 Å². The van der Waals surface area contributed by atoms with E-state index in [2.05, 4.69) is 6.08 Å². The molecule has 0 spiro atoms. The predicted octanol–water partition coefficient (Wildman–Crippen LogP) is 4.99. The first kappa shape index (κ1) is 15.7. The fourth-order valence-corrected chi connectivity index (χ4v) is 2.98. The zero-order valence-corrected chi connectivity index (χ0v) is 13.0. The van der Waals surface area contributed by atoms with E-state index in [1.54, 1.807) is 24.3 Å². The molecule has 0 bridgehead atoms. The maximum atomic E-state index is 12.6. The monoisotopic (exact) mass is 284 g/mol. The van der Waals surface area contributed by atoms with Crippen LogP contribution in [0.2, 0.25) is 0 Å². The first-order valence-electron chi connectivity index (χ1n) is 7.98. The van der Waals surface area contributed by atoms with Gasteiger partial charge in [-0.3, -0.25) is 9.59 Å². The summed E-state index contributed by atoms with van der Waals surface area (Å²) in [6.07, 6.45) is 9.26. The molecule has 0 amide bonds. The number of allylic oxidation sites excluding steroid dienone is 2. The van der Waals surface area contributed by atoms with E-state index >= 15 is 0 Å². The SMILES string of the molecule is CC/C(=C\C1CCCCC1)C(=O)c1ccc(C(C)=O)cc1. The van der Waals surface area contributed by atoms with Crippen molar-refractivity contribution < 1.29 is 9.59 Å². The normalized spacial score (nSPS) is 16.8. The highest BCUT2D eigenvalue weighted by Crippen LogP contribution is 2.27. The first-order chi connectivity index (χ1) is 10.1. The minimum Gasteiger partial charge on any atom is -0.295 e. The standard InChI is InChI=1S/C19H24O2/c1-3-16(13-15-7-5-4-6-8-15)19(21)18-11-9-17(10-12-18)14(2)20/h9-13,15H,3-8H2,1-2H3/b16-13+. The molecule has 0 radical (unpaired) electrons. The van der Waals surface area contributed by atoms with E-state index in [9.17, 15) is 9.59 Å². The summed E-state index contributed by atoms with van der Waals surface area (Å²) in [4.78, 5) is 23.9. The van der Waals surface area contributed by atoms with Crippen molar-refractivity contribution in [3.63, 3.8) is 0 Å². The van der Waals surface area contributed by atoms with Crippen LogP contribution in [-0.2, 0) is 0 Å². The summed E-state index contributed by atoms with van der Waals surface area (Å²) in [6, 6.07) is 7.01. The highest BCUT2D eigenvalue weighted by atomic mass is 16.1. The van der Waals surface area contributed by atoms with Crippen LogP contribution in [0.3, 0.4) is 0 Å². The van der Waals surface area contributed by atoms with Crippen molar-refractivity contribution in [3.8, 4) is 0 Å². The predicted molar refractivity (Wildman–Crippen MR) is 85.7 cm³/mol. The maximum absolute atomic E-state index is 12.6. The molecule has 2 nitrogen and oxygen atoms in total. The quantitative estimate of drug-likeness (QED) is 0.564. The minimum atomic E-state index is 0.0301. The van der Waals surface area contributed by atoms with E-state index in [1.165, 1.54) is 39.0 Å². The van der Waals surface area contributed by atoms with Gasteiger partial charge < -0.3 is 0 Å². The molecule has 1 saturated carbocycles. The van der Waals surface area contributed by atoms with Crippen LogP contribution in [0.25, 0.3) is 0 Å². The third-order valence-corrected chi connectivity index (χ3v) is 4.31. The molecule has 0 N–H and O–H groups in total. The molecule has 1 aromatic rings. The van der Waals surface area contributed by atoms with Crippen LogP contribution in [0.15, 0.2) is 35.9 Å². The Hall–Kier alpha value is -1.70. The molecule has 21 heavy (non-hydrogen) atoms. The number of benzene rings is 1. The van der Waals surface area contributed by atoms with Gasteiger partial charge in [-0.05, 0) is 37.7 Å². The Kier molecular flexibility index (Phi) is 5.49. The summed E-state index contributed by atoms with van der Waals surface area (Å²) in [5.74, 6) is 0.703. The average molecular weight is 284 g/mol. The Morgan fingerprint density at radius 3 is 2.14 bits per heavy atom. The van der Waals surface area contributed by atoms with E-state index in [0.717, 1.165) is 12.0 Å². The molecule has 0 aromatic heterocycles. The smallest absolute Gasteiger partial charge is 0.188 e. The Balaban J connectivity index is 2.15. The van der Waals surface area contributed by atoms with Gasteiger partial charge in [0.05, 0.1) is 0 Å². The summed E-state index contributed by atoms with van der Waals surface area (Å²) in [7, 11) is 0. The summed E-state index contributed by atoms with van der Waals surface area (Å²) in [5, 5.41) is 0. The summed E-state index contributed by atoms with van der Waals surface area (Å²) < 4.78 is 0. The summed E-state index contributed by atoms with van der Waals surface area (Å²) in [5.41, 5.74) is 2.25. The Labute approximate surface area is 127 Å². The number of Topliss-reactive ketones (excluding diaryl/α,β-unsaturated/α-hetero) is 2. The van der Waals surface area contributed by atoms with E-state index < -0.39 is 0 Å². The molecule has 112 valence electrons. The molecule has 1 aliphatic carbocycles. The molecule has 0 atom stereocenters. The number of ketones is 2. The number of hydrogen-bond acceptors (Lipinski definition) is 2. The van der Waals surface area contributed by atoms with Gasteiger partial charge >= 0.3 is 0 Å². The summed E-state index contributed by atoms with van der Waals surface area (Å²) in [6.45, 7) is 3.58. The fourth-order valence-electron chi connectivity index (χ4n) is 2.98. The van der Waals surface area contributed by atoms with Crippen molar-refractivity contribution in [1.82, 2.24) is 0 Å². The molecule has 0 saturated heterocycles. The second-order valence-electron chi connectivity index (χ2n) is 5.91. The second-order valence-corrected chi connectivity index (χ2v) is 5.91. The largest absolute Gasteiger partial charge is 0.295 e. The lowest BCUT2D eigenvalue weighted by Crippen LogP contribution is -2.09. The molecule has 2 rings (SSSR count).